The third-order valence-corrected chi connectivity index (χ3v) is 4.85. The molecule has 8 heteroatoms. The summed E-state index contributed by atoms with van der Waals surface area (Å²) in [6.07, 6.45) is 1.89. The zero-order chi connectivity index (χ0) is 23.6. The Morgan fingerprint density at radius 1 is 1.00 bits per heavy atom. The fraction of sp³-hybridized carbons (Fsp3) is 0.280. The second kappa shape index (κ2) is 11.7. The van der Waals surface area contributed by atoms with E-state index in [0.29, 0.717) is 35.1 Å². The minimum absolute atomic E-state index is 0.00752. The molecular formula is C25H27FN2O5. The average molecular weight is 454 g/mol. The molecule has 1 heterocycles. The third kappa shape index (κ3) is 6.12. The summed E-state index contributed by atoms with van der Waals surface area (Å²) >= 11 is 0. The molecule has 0 spiro atoms. The topological polar surface area (TPSA) is 70.1 Å². The van der Waals surface area contributed by atoms with Crippen LogP contribution >= 0.6 is 0 Å². The number of ether oxygens (including phenoxy) is 4. The van der Waals surface area contributed by atoms with Crippen molar-refractivity contribution in [1.29, 1.82) is 0 Å². The first kappa shape index (κ1) is 23.8. The zero-order valence-electron chi connectivity index (χ0n) is 18.9. The van der Waals surface area contributed by atoms with Gasteiger partial charge in [-0.2, -0.15) is 0 Å². The summed E-state index contributed by atoms with van der Waals surface area (Å²) in [5, 5.41) is 0. The van der Waals surface area contributed by atoms with Crippen molar-refractivity contribution in [2.24, 2.45) is 0 Å². The minimum atomic E-state index is -0.561. The molecule has 0 saturated carbocycles. The van der Waals surface area contributed by atoms with Gasteiger partial charge in [0.1, 0.15) is 42.0 Å². The van der Waals surface area contributed by atoms with Crippen LogP contribution < -0.4 is 23.8 Å². The maximum absolute atomic E-state index is 12.9. The summed E-state index contributed by atoms with van der Waals surface area (Å²) in [4.78, 5) is 18.9. The number of alkyl halides is 1. The Balaban J connectivity index is 1.91. The molecule has 0 saturated heterocycles. The molecule has 174 valence electrons. The van der Waals surface area contributed by atoms with Gasteiger partial charge in [0.05, 0.1) is 20.8 Å². The number of nitrogens with zero attached hydrogens (tertiary/aromatic N) is 2. The largest absolute Gasteiger partial charge is 0.497 e. The van der Waals surface area contributed by atoms with E-state index in [1.165, 1.54) is 0 Å². The Labute approximate surface area is 192 Å². The fourth-order valence-electron chi connectivity index (χ4n) is 3.21. The van der Waals surface area contributed by atoms with Crippen molar-refractivity contribution in [1.82, 2.24) is 4.98 Å². The SMILES string of the molecule is CCC(=O)N(Cc1cc(OC)ccc1OC)c1cccnc1Oc1ccc(OCCF)cc1. The van der Waals surface area contributed by atoms with Crippen molar-refractivity contribution < 1.29 is 28.1 Å². The van der Waals surface area contributed by atoms with Crippen LogP contribution in [0.25, 0.3) is 0 Å². The van der Waals surface area contributed by atoms with Gasteiger partial charge >= 0.3 is 0 Å². The molecule has 0 aliphatic carbocycles. The molecule has 2 aromatic carbocycles. The monoisotopic (exact) mass is 454 g/mol. The Kier molecular flexibility index (Phi) is 8.46. The van der Waals surface area contributed by atoms with E-state index in [0.717, 1.165) is 5.56 Å². The highest BCUT2D eigenvalue weighted by Gasteiger charge is 2.22. The number of hydrogen-bond donors (Lipinski definition) is 0. The quantitative estimate of drug-likeness (QED) is 0.398. The molecule has 0 fully saturated rings. The predicted molar refractivity (Wildman–Crippen MR) is 123 cm³/mol. The summed E-state index contributed by atoms with van der Waals surface area (Å²) in [7, 11) is 3.17. The second-order valence-electron chi connectivity index (χ2n) is 6.95. The van der Waals surface area contributed by atoms with Crippen LogP contribution in [0, 0.1) is 0 Å². The summed E-state index contributed by atoms with van der Waals surface area (Å²) in [5.74, 6) is 2.51. The van der Waals surface area contributed by atoms with Crippen LogP contribution in [-0.2, 0) is 11.3 Å². The van der Waals surface area contributed by atoms with Crippen LogP contribution in [-0.4, -0.2) is 38.4 Å². The van der Waals surface area contributed by atoms with Gasteiger partial charge in [-0.15, -0.1) is 0 Å². The van der Waals surface area contributed by atoms with E-state index >= 15 is 0 Å². The van der Waals surface area contributed by atoms with Crippen molar-refractivity contribution in [3.05, 3.63) is 66.4 Å². The van der Waals surface area contributed by atoms with E-state index in [4.69, 9.17) is 18.9 Å². The first-order valence-corrected chi connectivity index (χ1v) is 10.5. The molecule has 0 N–H and O–H groups in total. The predicted octanol–water partition coefficient (Wildman–Crippen LogP) is 5.18. The highest BCUT2D eigenvalue weighted by atomic mass is 19.1. The first-order valence-electron chi connectivity index (χ1n) is 10.5. The number of pyridine rings is 1. The summed E-state index contributed by atoms with van der Waals surface area (Å²) < 4.78 is 34.4. The maximum atomic E-state index is 12.9. The van der Waals surface area contributed by atoms with Gasteiger partial charge in [0, 0.05) is 18.2 Å². The van der Waals surface area contributed by atoms with Gasteiger partial charge in [-0.1, -0.05) is 6.92 Å². The lowest BCUT2D eigenvalue weighted by atomic mass is 10.1. The average Bonchev–Trinajstić information content (AvgIpc) is 2.86. The lowest BCUT2D eigenvalue weighted by molar-refractivity contribution is -0.118. The van der Waals surface area contributed by atoms with E-state index in [2.05, 4.69) is 4.98 Å². The molecule has 7 nitrogen and oxygen atoms in total. The number of methoxy groups -OCH3 is 2. The Morgan fingerprint density at radius 2 is 1.73 bits per heavy atom. The normalized spacial score (nSPS) is 10.4. The molecule has 1 aromatic heterocycles. The van der Waals surface area contributed by atoms with Gasteiger partial charge in [-0.3, -0.25) is 4.79 Å². The lowest BCUT2D eigenvalue weighted by Gasteiger charge is -2.25. The van der Waals surface area contributed by atoms with Gasteiger partial charge < -0.3 is 23.8 Å². The van der Waals surface area contributed by atoms with Crippen molar-refractivity contribution >= 4 is 11.6 Å². The highest BCUT2D eigenvalue weighted by molar-refractivity contribution is 5.94. The number of halogens is 1. The van der Waals surface area contributed by atoms with E-state index in [1.807, 2.05) is 6.07 Å². The molecule has 0 aliphatic rings. The third-order valence-electron chi connectivity index (χ3n) is 4.85. The van der Waals surface area contributed by atoms with E-state index in [9.17, 15) is 9.18 Å². The van der Waals surface area contributed by atoms with Gasteiger partial charge in [-0.05, 0) is 54.6 Å². The van der Waals surface area contributed by atoms with E-state index in [-0.39, 0.29) is 24.9 Å². The zero-order valence-corrected chi connectivity index (χ0v) is 18.9. The second-order valence-corrected chi connectivity index (χ2v) is 6.95. The molecule has 0 bridgehead atoms. The Hall–Kier alpha value is -3.81. The molecule has 33 heavy (non-hydrogen) atoms. The highest BCUT2D eigenvalue weighted by Crippen LogP contribution is 2.34. The van der Waals surface area contributed by atoms with E-state index < -0.39 is 6.67 Å². The molecule has 3 rings (SSSR count). The molecular weight excluding hydrogens is 427 g/mol. The molecule has 0 unspecified atom stereocenters. The standard InChI is InChI=1S/C25H27FN2O5/c1-4-24(29)28(17-18-16-21(30-2)11-12-23(18)31-3)22-6-5-14-27-25(22)33-20-9-7-19(8-10-20)32-15-13-26/h5-12,14,16H,4,13,15,17H2,1-3H3. The number of benzene rings is 2. The minimum Gasteiger partial charge on any atom is -0.497 e. The maximum Gasteiger partial charge on any atom is 0.243 e. The number of rotatable bonds is 11. The van der Waals surface area contributed by atoms with Crippen molar-refractivity contribution in [3.8, 4) is 28.9 Å². The van der Waals surface area contributed by atoms with Crippen LogP contribution in [0.1, 0.15) is 18.9 Å². The van der Waals surface area contributed by atoms with Gasteiger partial charge in [0.2, 0.25) is 11.8 Å². The number of carbonyl (C=O) groups excluding carboxylic acids is 1. The number of amides is 1. The summed E-state index contributed by atoms with van der Waals surface area (Å²) in [6.45, 7) is 1.47. The van der Waals surface area contributed by atoms with Crippen molar-refractivity contribution in [2.75, 3.05) is 32.4 Å². The molecule has 1 amide bonds. The number of hydrogen-bond acceptors (Lipinski definition) is 6. The first-order chi connectivity index (χ1) is 16.1. The van der Waals surface area contributed by atoms with Crippen LogP contribution in [0.5, 0.6) is 28.9 Å². The number of carbonyl (C=O) groups is 1. The van der Waals surface area contributed by atoms with Crippen molar-refractivity contribution in [3.63, 3.8) is 0 Å². The lowest BCUT2D eigenvalue weighted by Crippen LogP contribution is -2.30. The van der Waals surface area contributed by atoms with Gasteiger partial charge in [0.15, 0.2) is 0 Å². The Morgan fingerprint density at radius 3 is 2.39 bits per heavy atom. The van der Waals surface area contributed by atoms with Crippen LogP contribution in [0.2, 0.25) is 0 Å². The molecule has 0 aliphatic heterocycles. The summed E-state index contributed by atoms with van der Waals surface area (Å²) in [5.41, 5.74) is 1.30. The van der Waals surface area contributed by atoms with Crippen LogP contribution in [0.4, 0.5) is 10.1 Å². The Bertz CT molecular complexity index is 1060. The molecule has 0 radical (unpaired) electrons. The van der Waals surface area contributed by atoms with Gasteiger partial charge in [0.25, 0.3) is 0 Å². The van der Waals surface area contributed by atoms with Gasteiger partial charge in [-0.25, -0.2) is 9.37 Å². The van der Waals surface area contributed by atoms with Crippen LogP contribution in [0.3, 0.4) is 0 Å². The van der Waals surface area contributed by atoms with Crippen molar-refractivity contribution in [2.45, 2.75) is 19.9 Å². The molecule has 3 aromatic rings. The molecule has 0 atom stereocenters. The number of anilines is 1. The fourth-order valence-corrected chi connectivity index (χ4v) is 3.21. The smallest absolute Gasteiger partial charge is 0.243 e. The number of aromatic nitrogens is 1. The van der Waals surface area contributed by atoms with Crippen LogP contribution in [0.15, 0.2) is 60.8 Å². The summed E-state index contributed by atoms with van der Waals surface area (Å²) in [6, 6.07) is 15.7. The van der Waals surface area contributed by atoms with E-state index in [1.54, 1.807) is 80.8 Å².